The van der Waals surface area contributed by atoms with Crippen LogP contribution in [0.15, 0.2) is 0 Å². The highest BCUT2D eigenvalue weighted by atomic mass is 16.5. The Kier molecular flexibility index (Phi) is 2.43. The molecule has 0 saturated heterocycles. The Hall–Kier alpha value is -1.15. The standard InChI is InChI=1S/C12H18N2O2/c1-11(2)8-4-5-12(11,3)9(6-8)16-10(15)7-14-13/h7-9H,4-6H2,1-3H3. The van der Waals surface area contributed by atoms with Gasteiger partial charge in [0.1, 0.15) is 6.10 Å². The molecular formula is C12H18N2O2. The van der Waals surface area contributed by atoms with Crippen LogP contribution in [-0.2, 0) is 9.53 Å². The van der Waals surface area contributed by atoms with Crippen LogP contribution in [0.4, 0.5) is 0 Å². The third-order valence-electron chi connectivity index (χ3n) is 5.14. The molecule has 3 unspecified atom stereocenters. The second-order valence-electron chi connectivity index (χ2n) is 5.78. The minimum absolute atomic E-state index is 0.0354. The fourth-order valence-corrected chi connectivity index (χ4v) is 3.53. The average molecular weight is 222 g/mol. The fourth-order valence-electron chi connectivity index (χ4n) is 3.53. The Morgan fingerprint density at radius 1 is 1.50 bits per heavy atom. The Labute approximate surface area is 95.6 Å². The molecule has 16 heavy (non-hydrogen) atoms. The van der Waals surface area contributed by atoms with E-state index in [1.165, 1.54) is 6.42 Å². The van der Waals surface area contributed by atoms with Crippen molar-refractivity contribution in [1.82, 2.24) is 0 Å². The predicted octanol–water partition coefficient (Wildman–Crippen LogP) is 2.04. The second-order valence-corrected chi connectivity index (χ2v) is 5.78. The van der Waals surface area contributed by atoms with Gasteiger partial charge in [0.15, 0.2) is 0 Å². The number of rotatable bonds is 2. The fraction of sp³-hybridized carbons (Fsp3) is 0.833. The summed E-state index contributed by atoms with van der Waals surface area (Å²) in [4.78, 5) is 14.0. The summed E-state index contributed by atoms with van der Waals surface area (Å²) in [5, 5.41) is 0. The van der Waals surface area contributed by atoms with Crippen LogP contribution < -0.4 is 0 Å². The molecule has 0 radical (unpaired) electrons. The maximum atomic E-state index is 11.3. The number of hydrogen-bond donors (Lipinski definition) is 0. The van der Waals surface area contributed by atoms with Crippen molar-refractivity contribution < 1.29 is 14.3 Å². The van der Waals surface area contributed by atoms with Crippen LogP contribution in [0.25, 0.3) is 5.53 Å². The molecule has 4 nitrogen and oxygen atoms in total. The largest absolute Gasteiger partial charge is 0.453 e. The molecule has 2 saturated carbocycles. The first-order valence-corrected chi connectivity index (χ1v) is 5.80. The predicted molar refractivity (Wildman–Crippen MR) is 58.8 cm³/mol. The molecule has 2 aliphatic carbocycles. The van der Waals surface area contributed by atoms with Crippen LogP contribution in [0.3, 0.4) is 0 Å². The van der Waals surface area contributed by atoms with E-state index >= 15 is 0 Å². The minimum Gasteiger partial charge on any atom is -0.453 e. The van der Waals surface area contributed by atoms with Crippen molar-refractivity contribution in [2.45, 2.75) is 46.1 Å². The number of hydrogen-bond acceptors (Lipinski definition) is 2. The normalized spacial score (nSPS) is 39.2. The van der Waals surface area contributed by atoms with Gasteiger partial charge < -0.3 is 10.3 Å². The zero-order valence-corrected chi connectivity index (χ0v) is 10.1. The lowest BCUT2D eigenvalue weighted by atomic mass is 9.70. The Balaban J connectivity index is 2.16. The number of fused-ring (bicyclic) bond motifs is 2. The van der Waals surface area contributed by atoms with Crippen molar-refractivity contribution in [3.05, 3.63) is 5.53 Å². The van der Waals surface area contributed by atoms with Crippen molar-refractivity contribution >= 4 is 12.2 Å². The van der Waals surface area contributed by atoms with Crippen molar-refractivity contribution in [2.75, 3.05) is 0 Å². The van der Waals surface area contributed by atoms with E-state index in [0.717, 1.165) is 19.1 Å². The summed E-state index contributed by atoms with van der Waals surface area (Å²) in [6, 6.07) is 0. The molecule has 0 aromatic carbocycles. The summed E-state index contributed by atoms with van der Waals surface area (Å²) in [7, 11) is 0. The summed E-state index contributed by atoms with van der Waals surface area (Å²) in [5.74, 6) is 0.0958. The molecule has 88 valence electrons. The first kappa shape index (κ1) is 11.3. The molecule has 3 atom stereocenters. The van der Waals surface area contributed by atoms with E-state index in [1.807, 2.05) is 0 Å². The highest BCUT2D eigenvalue weighted by Gasteiger charge is 2.62. The summed E-state index contributed by atoms with van der Waals surface area (Å²) in [5.41, 5.74) is 8.57. The van der Waals surface area contributed by atoms with Gasteiger partial charge in [0.05, 0.1) is 0 Å². The summed E-state index contributed by atoms with van der Waals surface area (Å²) >= 11 is 0. The lowest BCUT2D eigenvalue weighted by Gasteiger charge is -2.37. The lowest BCUT2D eigenvalue weighted by molar-refractivity contribution is -0.151. The molecule has 0 N–H and O–H groups in total. The molecule has 2 aliphatic rings. The third kappa shape index (κ3) is 1.33. The molecular weight excluding hydrogens is 204 g/mol. The van der Waals surface area contributed by atoms with Gasteiger partial charge >= 0.3 is 12.2 Å². The Morgan fingerprint density at radius 3 is 2.62 bits per heavy atom. The van der Waals surface area contributed by atoms with Gasteiger partial charge in [0.25, 0.3) is 0 Å². The quantitative estimate of drug-likeness (QED) is 0.310. The van der Waals surface area contributed by atoms with E-state index < -0.39 is 5.97 Å². The number of ether oxygens (including phenoxy) is 1. The molecule has 4 heteroatoms. The average Bonchev–Trinajstić information content (AvgIpc) is 2.51. The molecule has 2 fully saturated rings. The highest BCUT2D eigenvalue weighted by molar-refractivity contribution is 6.20. The van der Waals surface area contributed by atoms with Gasteiger partial charge in [-0.2, -0.15) is 4.79 Å². The number of esters is 1. The first-order chi connectivity index (χ1) is 7.41. The molecule has 0 aromatic rings. The number of carbonyl (C=O) groups is 1. The summed E-state index contributed by atoms with van der Waals surface area (Å²) < 4.78 is 5.38. The number of carbonyl (C=O) groups excluding carboxylic acids is 1. The van der Waals surface area contributed by atoms with Crippen LogP contribution in [0.2, 0.25) is 0 Å². The van der Waals surface area contributed by atoms with Gasteiger partial charge in [-0.15, -0.1) is 0 Å². The smallest absolute Gasteiger partial charge is 0.413 e. The van der Waals surface area contributed by atoms with Gasteiger partial charge in [-0.25, -0.2) is 4.79 Å². The van der Waals surface area contributed by atoms with Crippen LogP contribution in [0.5, 0.6) is 0 Å². The van der Waals surface area contributed by atoms with Crippen LogP contribution >= 0.6 is 0 Å². The highest BCUT2D eigenvalue weighted by Crippen LogP contribution is 2.66. The van der Waals surface area contributed by atoms with Crippen molar-refractivity contribution in [3.8, 4) is 0 Å². The second kappa shape index (κ2) is 3.42. The monoisotopic (exact) mass is 222 g/mol. The van der Waals surface area contributed by atoms with Gasteiger partial charge in [-0.3, -0.25) is 0 Å². The van der Waals surface area contributed by atoms with E-state index in [4.69, 9.17) is 10.3 Å². The van der Waals surface area contributed by atoms with Gasteiger partial charge in [0.2, 0.25) is 0 Å². The maximum absolute atomic E-state index is 11.3. The molecule has 0 aromatic heterocycles. The molecule has 0 heterocycles. The topological polar surface area (TPSA) is 62.7 Å². The van der Waals surface area contributed by atoms with Crippen molar-refractivity contribution in [3.63, 3.8) is 0 Å². The van der Waals surface area contributed by atoms with Gasteiger partial charge in [-0.1, -0.05) is 20.8 Å². The van der Waals surface area contributed by atoms with Gasteiger partial charge in [0, 0.05) is 5.41 Å². The molecule has 0 spiro atoms. The van der Waals surface area contributed by atoms with Crippen molar-refractivity contribution in [2.24, 2.45) is 16.7 Å². The minimum atomic E-state index is -0.544. The van der Waals surface area contributed by atoms with E-state index in [-0.39, 0.29) is 16.9 Å². The van der Waals surface area contributed by atoms with Crippen LogP contribution in [0, 0.1) is 16.7 Å². The van der Waals surface area contributed by atoms with Crippen LogP contribution in [0.1, 0.15) is 40.0 Å². The van der Waals surface area contributed by atoms with Crippen LogP contribution in [-0.4, -0.2) is 23.1 Å². The Morgan fingerprint density at radius 2 is 2.19 bits per heavy atom. The Bertz CT molecular complexity index is 371. The van der Waals surface area contributed by atoms with E-state index in [2.05, 4.69) is 25.6 Å². The van der Waals surface area contributed by atoms with Gasteiger partial charge in [-0.05, 0) is 30.6 Å². The molecule has 0 amide bonds. The zero-order chi connectivity index (χ0) is 12.0. The first-order valence-electron chi connectivity index (χ1n) is 5.80. The van der Waals surface area contributed by atoms with E-state index in [0.29, 0.717) is 5.92 Å². The summed E-state index contributed by atoms with van der Waals surface area (Å²) in [6.45, 7) is 6.73. The summed E-state index contributed by atoms with van der Waals surface area (Å²) in [6.07, 6.45) is 4.06. The molecule has 2 bridgehead atoms. The molecule has 2 rings (SSSR count). The zero-order valence-electron chi connectivity index (χ0n) is 10.1. The SMILES string of the molecule is CC1(C)C2CCC1(C)C(OC(=O)C=[N+]=[N-])C2. The third-order valence-corrected chi connectivity index (χ3v) is 5.14. The van der Waals surface area contributed by atoms with E-state index in [1.54, 1.807) is 0 Å². The molecule has 0 aliphatic heterocycles. The maximum Gasteiger partial charge on any atom is 0.413 e. The lowest BCUT2D eigenvalue weighted by Crippen LogP contribution is -2.38. The van der Waals surface area contributed by atoms with E-state index in [9.17, 15) is 4.79 Å². The van der Waals surface area contributed by atoms with Crippen molar-refractivity contribution in [1.29, 1.82) is 0 Å². The number of nitrogens with zero attached hydrogens (tertiary/aromatic N) is 2.